The molecule has 13 aromatic rings. The molecule has 0 amide bonds. The highest BCUT2D eigenvalue weighted by atomic mass is 16.3. The standard InChI is InChI=1S/C61H37N3O2/c1-2-14-39(15-3-1)55-37-56(64-61(63-55)53-25-13-21-47-44(18-10-22-48(47)53)38-29-31-40(32-30-38)54-26-8-9-33-62-54)43-35-41(45-19-11-23-51-49-16-4-6-27-57(49)65-59(45)51)34-42(36-43)46-20-12-24-52-50-17-5-7-28-58(50)66-60(46)52/h1-37H. The van der Waals surface area contributed by atoms with Crippen LogP contribution >= 0.6 is 0 Å². The Balaban J connectivity index is 1.03. The lowest BCUT2D eigenvalue weighted by Gasteiger charge is -2.15. The smallest absolute Gasteiger partial charge is 0.161 e. The van der Waals surface area contributed by atoms with Crippen molar-refractivity contribution in [3.63, 3.8) is 0 Å². The highest BCUT2D eigenvalue weighted by Crippen LogP contribution is 2.43. The molecule has 0 spiro atoms. The van der Waals surface area contributed by atoms with E-state index in [1.807, 2.05) is 54.7 Å². The van der Waals surface area contributed by atoms with Gasteiger partial charge in [-0.3, -0.25) is 4.98 Å². The second kappa shape index (κ2) is 15.4. The number of rotatable bonds is 7. The minimum Gasteiger partial charge on any atom is -0.455 e. The summed E-state index contributed by atoms with van der Waals surface area (Å²) in [7, 11) is 0. The first-order valence-electron chi connectivity index (χ1n) is 22.2. The summed E-state index contributed by atoms with van der Waals surface area (Å²) in [5.74, 6) is 0.644. The van der Waals surface area contributed by atoms with Crippen molar-refractivity contribution in [1.29, 1.82) is 0 Å². The molecule has 0 saturated carbocycles. The second-order valence-electron chi connectivity index (χ2n) is 16.7. The molecule has 4 heterocycles. The lowest BCUT2D eigenvalue weighted by atomic mass is 9.92. The van der Waals surface area contributed by atoms with Crippen molar-refractivity contribution >= 4 is 54.6 Å². The van der Waals surface area contributed by atoms with E-state index < -0.39 is 0 Å². The van der Waals surface area contributed by atoms with Crippen LogP contribution in [0, 0.1) is 0 Å². The number of pyridine rings is 1. The summed E-state index contributed by atoms with van der Waals surface area (Å²) < 4.78 is 13.3. The zero-order valence-corrected chi connectivity index (χ0v) is 35.5. The first-order valence-corrected chi connectivity index (χ1v) is 22.2. The second-order valence-corrected chi connectivity index (χ2v) is 16.7. The van der Waals surface area contributed by atoms with Crippen molar-refractivity contribution in [1.82, 2.24) is 15.0 Å². The molecule has 13 rings (SSSR count). The first-order chi connectivity index (χ1) is 32.7. The van der Waals surface area contributed by atoms with Gasteiger partial charge < -0.3 is 8.83 Å². The molecule has 0 fully saturated rings. The Hall–Kier alpha value is -8.93. The monoisotopic (exact) mass is 843 g/mol. The van der Waals surface area contributed by atoms with Crippen LogP contribution in [-0.4, -0.2) is 15.0 Å². The molecule has 0 radical (unpaired) electrons. The number of benzene rings is 9. The van der Waals surface area contributed by atoms with Gasteiger partial charge in [0.2, 0.25) is 0 Å². The van der Waals surface area contributed by atoms with E-state index in [0.29, 0.717) is 5.82 Å². The van der Waals surface area contributed by atoms with Crippen LogP contribution < -0.4 is 0 Å². The Morgan fingerprint density at radius 1 is 0.273 bits per heavy atom. The Kier molecular flexibility index (Phi) is 8.78. The largest absolute Gasteiger partial charge is 0.455 e. The van der Waals surface area contributed by atoms with E-state index in [9.17, 15) is 0 Å². The fourth-order valence-corrected chi connectivity index (χ4v) is 9.62. The van der Waals surface area contributed by atoms with Crippen LogP contribution in [0.25, 0.3) is 133 Å². The third-order valence-corrected chi connectivity index (χ3v) is 12.8. The maximum atomic E-state index is 6.65. The van der Waals surface area contributed by atoms with E-state index in [1.54, 1.807) is 0 Å². The van der Waals surface area contributed by atoms with Crippen LogP contribution in [0.3, 0.4) is 0 Å². The highest BCUT2D eigenvalue weighted by Gasteiger charge is 2.20. The van der Waals surface area contributed by atoms with Gasteiger partial charge in [-0.15, -0.1) is 0 Å². The van der Waals surface area contributed by atoms with Gasteiger partial charge in [0.25, 0.3) is 0 Å². The molecular weight excluding hydrogens is 807 g/mol. The summed E-state index contributed by atoms with van der Waals surface area (Å²) >= 11 is 0. The van der Waals surface area contributed by atoms with Crippen molar-refractivity contribution in [2.45, 2.75) is 0 Å². The van der Waals surface area contributed by atoms with E-state index in [0.717, 1.165) is 127 Å². The molecular formula is C61H37N3O2. The molecule has 308 valence electrons. The van der Waals surface area contributed by atoms with Gasteiger partial charge in [0, 0.05) is 61.1 Å². The van der Waals surface area contributed by atoms with Gasteiger partial charge in [-0.05, 0) is 81.6 Å². The summed E-state index contributed by atoms with van der Waals surface area (Å²) in [6.07, 6.45) is 1.83. The summed E-state index contributed by atoms with van der Waals surface area (Å²) in [6.45, 7) is 0. The third kappa shape index (κ3) is 6.36. The quantitative estimate of drug-likeness (QED) is 0.160. The van der Waals surface area contributed by atoms with Crippen molar-refractivity contribution in [2.24, 2.45) is 0 Å². The zero-order chi connectivity index (χ0) is 43.6. The molecule has 5 nitrogen and oxygen atoms in total. The fourth-order valence-electron chi connectivity index (χ4n) is 9.62. The van der Waals surface area contributed by atoms with Crippen LogP contribution in [0.15, 0.2) is 233 Å². The average Bonchev–Trinajstić information content (AvgIpc) is 3.98. The van der Waals surface area contributed by atoms with Gasteiger partial charge in [0.15, 0.2) is 5.82 Å². The highest BCUT2D eigenvalue weighted by molar-refractivity contribution is 6.12. The third-order valence-electron chi connectivity index (χ3n) is 12.8. The SMILES string of the molecule is c1ccc(-c2cc(-c3cc(-c4cccc5c4oc4ccccc45)cc(-c4cccc5c4oc4ccccc45)c3)nc(-c3cccc4c(-c5ccc(-c6ccccn6)cc5)cccc34)n2)cc1. The first kappa shape index (κ1) is 37.6. The molecule has 0 unspecified atom stereocenters. The molecule has 0 aliphatic carbocycles. The van der Waals surface area contributed by atoms with Crippen LogP contribution in [0.1, 0.15) is 0 Å². The lowest BCUT2D eigenvalue weighted by molar-refractivity contribution is 0.670. The molecule has 66 heavy (non-hydrogen) atoms. The number of para-hydroxylation sites is 4. The van der Waals surface area contributed by atoms with Gasteiger partial charge in [-0.2, -0.15) is 0 Å². The lowest BCUT2D eigenvalue weighted by Crippen LogP contribution is -1.97. The minimum absolute atomic E-state index is 0.644. The van der Waals surface area contributed by atoms with E-state index in [-0.39, 0.29) is 0 Å². The maximum Gasteiger partial charge on any atom is 0.161 e. The molecule has 0 saturated heterocycles. The fraction of sp³-hybridized carbons (Fsp3) is 0. The molecule has 0 bridgehead atoms. The predicted molar refractivity (Wildman–Crippen MR) is 270 cm³/mol. The van der Waals surface area contributed by atoms with E-state index in [4.69, 9.17) is 18.8 Å². The molecule has 0 N–H and O–H groups in total. The van der Waals surface area contributed by atoms with E-state index in [2.05, 4.69) is 175 Å². The summed E-state index contributed by atoms with van der Waals surface area (Å²) in [5.41, 5.74) is 16.2. The molecule has 0 aliphatic heterocycles. The summed E-state index contributed by atoms with van der Waals surface area (Å²) in [4.78, 5) is 15.4. The van der Waals surface area contributed by atoms with Gasteiger partial charge >= 0.3 is 0 Å². The molecule has 0 aliphatic rings. The van der Waals surface area contributed by atoms with Crippen LogP contribution in [0.5, 0.6) is 0 Å². The molecule has 9 aromatic carbocycles. The average molecular weight is 844 g/mol. The van der Waals surface area contributed by atoms with Crippen molar-refractivity contribution in [2.75, 3.05) is 0 Å². The van der Waals surface area contributed by atoms with Crippen molar-refractivity contribution in [3.05, 3.63) is 225 Å². The number of aromatic nitrogens is 3. The Morgan fingerprint density at radius 3 is 1.36 bits per heavy atom. The van der Waals surface area contributed by atoms with E-state index >= 15 is 0 Å². The number of nitrogens with zero attached hydrogens (tertiary/aromatic N) is 3. The van der Waals surface area contributed by atoms with Gasteiger partial charge in [0.05, 0.1) is 17.1 Å². The number of fused-ring (bicyclic) bond motifs is 7. The minimum atomic E-state index is 0.644. The van der Waals surface area contributed by atoms with Gasteiger partial charge in [-0.1, -0.05) is 170 Å². The van der Waals surface area contributed by atoms with Crippen LogP contribution in [0.4, 0.5) is 0 Å². The maximum absolute atomic E-state index is 6.65. The normalized spacial score (nSPS) is 11.6. The number of furan rings is 2. The van der Waals surface area contributed by atoms with Crippen molar-refractivity contribution < 1.29 is 8.83 Å². The molecule has 0 atom stereocenters. The number of hydrogen-bond donors (Lipinski definition) is 0. The molecule has 5 heteroatoms. The van der Waals surface area contributed by atoms with Gasteiger partial charge in [0.1, 0.15) is 22.3 Å². The molecule has 4 aromatic heterocycles. The van der Waals surface area contributed by atoms with Gasteiger partial charge in [-0.25, -0.2) is 9.97 Å². The Morgan fingerprint density at radius 2 is 0.742 bits per heavy atom. The van der Waals surface area contributed by atoms with Crippen molar-refractivity contribution in [3.8, 4) is 78.5 Å². The van der Waals surface area contributed by atoms with Crippen LogP contribution in [0.2, 0.25) is 0 Å². The topological polar surface area (TPSA) is 65.0 Å². The number of hydrogen-bond acceptors (Lipinski definition) is 5. The Labute approximate surface area is 379 Å². The predicted octanol–water partition coefficient (Wildman–Crippen LogP) is 16.5. The summed E-state index contributed by atoms with van der Waals surface area (Å²) in [5, 5.41) is 6.52. The Bertz CT molecular complexity index is 3850. The van der Waals surface area contributed by atoms with E-state index in [1.165, 1.54) is 0 Å². The van der Waals surface area contributed by atoms with Crippen LogP contribution in [-0.2, 0) is 0 Å². The zero-order valence-electron chi connectivity index (χ0n) is 35.5. The summed E-state index contributed by atoms with van der Waals surface area (Å²) in [6, 6.07) is 76.1.